The topological polar surface area (TPSA) is 46.5 Å². The molecule has 0 saturated heterocycles. The molecule has 0 heterocycles. The predicted octanol–water partition coefficient (Wildman–Crippen LogP) is 1.42. The predicted molar refractivity (Wildman–Crippen MR) is 50.3 cm³/mol. The Kier molecular flexibility index (Phi) is 6.16. The van der Waals surface area contributed by atoms with Gasteiger partial charge >= 0.3 is 5.97 Å². The minimum atomic E-state index is -0.995. The summed E-state index contributed by atoms with van der Waals surface area (Å²) in [5, 5.41) is 8.87. The van der Waals surface area contributed by atoms with Crippen LogP contribution in [0, 0.1) is 0 Å². The average Bonchev–Trinajstić information content (AvgIpc) is 2.03. The Balaban J connectivity index is 0.00000144. The van der Waals surface area contributed by atoms with Gasteiger partial charge in [0.15, 0.2) is 6.61 Å². The van der Waals surface area contributed by atoms with Crippen LogP contribution in [0.15, 0.2) is 24.3 Å². The molecule has 0 aliphatic carbocycles. The summed E-state index contributed by atoms with van der Waals surface area (Å²) in [4.78, 5) is 10.1. The summed E-state index contributed by atoms with van der Waals surface area (Å²) in [6.45, 7) is -0.332. The molecule has 0 spiro atoms. The number of carboxylic acids is 1. The van der Waals surface area contributed by atoms with Gasteiger partial charge in [-0.25, -0.2) is 4.79 Å². The molecule has 0 unspecified atom stereocenters. The van der Waals surface area contributed by atoms with Gasteiger partial charge in [-0.3, -0.25) is 0 Å². The fourth-order valence-corrected chi connectivity index (χ4v) is 0.802. The first kappa shape index (κ1) is 12.8. The minimum absolute atomic E-state index is 0. The monoisotopic (exact) mass is 209 g/mol. The number of halogens is 1. The van der Waals surface area contributed by atoms with Gasteiger partial charge in [0.2, 0.25) is 0 Å². The van der Waals surface area contributed by atoms with Gasteiger partial charge in [0.05, 0.1) is 0 Å². The molecule has 13 heavy (non-hydrogen) atoms. The normalized spacial score (nSPS) is 8.69. The maximum absolute atomic E-state index is 10.1. The molecular formula is C8H7ClNaO3. The number of ether oxygens (including phenoxy) is 1. The van der Waals surface area contributed by atoms with Crippen LogP contribution in [0.25, 0.3) is 0 Å². The van der Waals surface area contributed by atoms with Gasteiger partial charge in [0.25, 0.3) is 0 Å². The number of carbonyl (C=O) groups is 1. The van der Waals surface area contributed by atoms with Gasteiger partial charge in [-0.15, -0.1) is 0 Å². The number of hydrogen-bond donors (Lipinski definition) is 1. The Morgan fingerprint density at radius 2 is 1.92 bits per heavy atom. The molecule has 3 nitrogen and oxygen atoms in total. The molecule has 0 atom stereocenters. The molecule has 0 aliphatic heterocycles. The van der Waals surface area contributed by atoms with Crippen LogP contribution in [0.2, 0.25) is 5.02 Å². The molecule has 1 aromatic rings. The summed E-state index contributed by atoms with van der Waals surface area (Å²) in [5.74, 6) is -0.494. The van der Waals surface area contributed by atoms with E-state index in [1.807, 2.05) is 0 Å². The van der Waals surface area contributed by atoms with Crippen molar-refractivity contribution in [1.29, 1.82) is 0 Å². The van der Waals surface area contributed by atoms with Crippen LogP contribution < -0.4 is 4.74 Å². The van der Waals surface area contributed by atoms with Crippen molar-refractivity contribution in [3.63, 3.8) is 0 Å². The summed E-state index contributed by atoms with van der Waals surface area (Å²) >= 11 is 5.60. The van der Waals surface area contributed by atoms with Crippen molar-refractivity contribution in [3.8, 4) is 5.75 Å². The summed E-state index contributed by atoms with van der Waals surface area (Å²) in [7, 11) is 0. The molecule has 0 saturated carbocycles. The molecule has 65 valence electrons. The second kappa shape index (κ2) is 6.27. The maximum Gasteiger partial charge on any atom is 0.341 e. The van der Waals surface area contributed by atoms with E-state index in [0.717, 1.165) is 0 Å². The molecule has 0 amide bonds. The standard InChI is InChI=1S/C8H7ClO3.Na/c9-6-1-3-7(4-2-6)12-5-8(10)11;/h1-4H,5H2,(H,10,11);. The van der Waals surface area contributed by atoms with Gasteiger partial charge in [-0.2, -0.15) is 0 Å². The first-order valence-corrected chi connectivity index (χ1v) is 3.66. The third-order valence-corrected chi connectivity index (χ3v) is 1.43. The Labute approximate surface area is 103 Å². The average molecular weight is 210 g/mol. The quantitative estimate of drug-likeness (QED) is 0.766. The summed E-state index contributed by atoms with van der Waals surface area (Å²) in [6.07, 6.45) is 0. The van der Waals surface area contributed by atoms with Crippen molar-refractivity contribution < 1.29 is 14.6 Å². The van der Waals surface area contributed by atoms with E-state index in [0.29, 0.717) is 10.8 Å². The number of aliphatic carboxylic acids is 1. The Bertz CT molecular complexity index is 273. The summed E-state index contributed by atoms with van der Waals surface area (Å²) in [5.41, 5.74) is 0. The van der Waals surface area contributed by atoms with Gasteiger partial charge in [0, 0.05) is 34.6 Å². The minimum Gasteiger partial charge on any atom is -0.482 e. The number of carboxylic acid groups (broad SMARTS) is 1. The number of hydrogen-bond acceptors (Lipinski definition) is 2. The van der Waals surface area contributed by atoms with Crippen molar-refractivity contribution in [2.45, 2.75) is 0 Å². The molecule has 5 heteroatoms. The van der Waals surface area contributed by atoms with Gasteiger partial charge in [0.1, 0.15) is 5.75 Å². The Hall–Kier alpha value is -0.220. The van der Waals surface area contributed by atoms with Gasteiger partial charge in [-0.05, 0) is 24.3 Å². The van der Waals surface area contributed by atoms with Crippen LogP contribution in [-0.4, -0.2) is 47.2 Å². The molecule has 1 rings (SSSR count). The zero-order valence-electron chi connectivity index (χ0n) is 7.16. The molecule has 1 radical (unpaired) electrons. The van der Waals surface area contributed by atoms with Crippen LogP contribution in [0.4, 0.5) is 0 Å². The van der Waals surface area contributed by atoms with Crippen LogP contribution >= 0.6 is 11.6 Å². The molecule has 0 aromatic heterocycles. The third-order valence-electron chi connectivity index (χ3n) is 1.18. The maximum atomic E-state index is 10.1. The fourth-order valence-electron chi connectivity index (χ4n) is 0.676. The zero-order valence-corrected chi connectivity index (χ0v) is 9.91. The first-order chi connectivity index (χ1) is 5.68. The molecule has 0 fully saturated rings. The number of benzene rings is 1. The first-order valence-electron chi connectivity index (χ1n) is 3.28. The van der Waals surface area contributed by atoms with Crippen LogP contribution in [0.5, 0.6) is 5.75 Å². The SMILES string of the molecule is O=C(O)COc1ccc(Cl)cc1.[Na]. The fraction of sp³-hybridized carbons (Fsp3) is 0.125. The smallest absolute Gasteiger partial charge is 0.341 e. The van der Waals surface area contributed by atoms with Crippen LogP contribution in [0.3, 0.4) is 0 Å². The largest absolute Gasteiger partial charge is 0.482 e. The van der Waals surface area contributed by atoms with E-state index in [-0.39, 0.29) is 36.2 Å². The van der Waals surface area contributed by atoms with E-state index in [1.54, 1.807) is 24.3 Å². The summed E-state index contributed by atoms with van der Waals surface area (Å²) < 4.78 is 4.86. The van der Waals surface area contributed by atoms with Crippen molar-refractivity contribution in [3.05, 3.63) is 29.3 Å². The van der Waals surface area contributed by atoms with E-state index < -0.39 is 5.97 Å². The second-order valence-electron chi connectivity index (χ2n) is 2.14. The van der Waals surface area contributed by atoms with E-state index >= 15 is 0 Å². The number of rotatable bonds is 3. The van der Waals surface area contributed by atoms with Crippen molar-refractivity contribution >= 4 is 47.1 Å². The molecule has 1 aromatic carbocycles. The Morgan fingerprint density at radius 1 is 1.38 bits per heavy atom. The second-order valence-corrected chi connectivity index (χ2v) is 2.57. The Morgan fingerprint density at radius 3 is 2.38 bits per heavy atom. The van der Waals surface area contributed by atoms with E-state index in [2.05, 4.69) is 0 Å². The van der Waals surface area contributed by atoms with Gasteiger partial charge < -0.3 is 9.84 Å². The van der Waals surface area contributed by atoms with Crippen molar-refractivity contribution in [2.75, 3.05) is 6.61 Å². The van der Waals surface area contributed by atoms with Crippen molar-refractivity contribution in [1.82, 2.24) is 0 Å². The van der Waals surface area contributed by atoms with E-state index in [9.17, 15) is 4.79 Å². The zero-order chi connectivity index (χ0) is 8.97. The van der Waals surface area contributed by atoms with Crippen LogP contribution in [-0.2, 0) is 4.79 Å². The molecule has 0 aliphatic rings. The van der Waals surface area contributed by atoms with E-state index in [4.69, 9.17) is 21.4 Å². The molecule has 1 N–H and O–H groups in total. The van der Waals surface area contributed by atoms with Crippen LogP contribution in [0.1, 0.15) is 0 Å². The van der Waals surface area contributed by atoms with E-state index in [1.165, 1.54) is 0 Å². The molecule has 0 bridgehead atoms. The summed E-state index contributed by atoms with van der Waals surface area (Å²) in [6, 6.07) is 6.51. The third kappa shape index (κ3) is 5.16. The molecular weight excluding hydrogens is 203 g/mol. The van der Waals surface area contributed by atoms with Gasteiger partial charge in [-0.1, -0.05) is 11.6 Å². The van der Waals surface area contributed by atoms with Crippen molar-refractivity contribution in [2.24, 2.45) is 0 Å².